The van der Waals surface area contributed by atoms with Crippen LogP contribution in [-0.2, 0) is 4.74 Å². The van der Waals surface area contributed by atoms with Crippen LogP contribution in [0.3, 0.4) is 0 Å². The van der Waals surface area contributed by atoms with E-state index in [0.717, 1.165) is 0 Å². The number of ketones is 1. The number of anilines is 1. The molecule has 0 aliphatic carbocycles. The zero-order valence-electron chi connectivity index (χ0n) is 12.6. The molecule has 23 heavy (non-hydrogen) atoms. The predicted molar refractivity (Wildman–Crippen MR) is 90.9 cm³/mol. The number of ether oxygens (including phenoxy) is 1. The first-order valence-corrected chi connectivity index (χ1v) is 7.48. The van der Waals surface area contributed by atoms with Crippen LogP contribution in [0, 0.1) is 0 Å². The molecule has 2 rings (SSSR count). The molecule has 0 bridgehead atoms. The van der Waals surface area contributed by atoms with E-state index in [4.69, 9.17) is 16.3 Å². The summed E-state index contributed by atoms with van der Waals surface area (Å²) >= 11 is 5.78. The molecule has 0 saturated heterocycles. The standard InChI is InChI=1S/C18H16ClNO3/c1-2-23-18(22)14-4-3-5-16(12-14)20-11-10-17(21)13-6-8-15(19)9-7-13/h3-12,20H,2H2,1H3/b11-10+. The number of hydrogen-bond donors (Lipinski definition) is 1. The highest BCUT2D eigenvalue weighted by Gasteiger charge is 2.06. The van der Waals surface area contributed by atoms with Gasteiger partial charge in [0.25, 0.3) is 0 Å². The average Bonchev–Trinajstić information content (AvgIpc) is 2.56. The first-order valence-electron chi connectivity index (χ1n) is 7.10. The first kappa shape index (κ1) is 16.8. The number of nitrogens with one attached hydrogen (secondary N) is 1. The maximum absolute atomic E-state index is 12.0. The normalized spacial score (nSPS) is 10.5. The predicted octanol–water partition coefficient (Wildman–Crippen LogP) is 4.33. The molecule has 5 heteroatoms. The van der Waals surface area contributed by atoms with Crippen LogP contribution in [0.15, 0.2) is 60.8 Å². The van der Waals surface area contributed by atoms with Gasteiger partial charge in [0.1, 0.15) is 0 Å². The number of benzene rings is 2. The van der Waals surface area contributed by atoms with Crippen molar-refractivity contribution in [2.24, 2.45) is 0 Å². The lowest BCUT2D eigenvalue weighted by Gasteiger charge is -2.04. The lowest BCUT2D eigenvalue weighted by molar-refractivity contribution is 0.0526. The monoisotopic (exact) mass is 329 g/mol. The molecule has 1 N–H and O–H groups in total. The molecular weight excluding hydrogens is 314 g/mol. The zero-order valence-corrected chi connectivity index (χ0v) is 13.3. The Balaban J connectivity index is 2.00. The molecule has 0 radical (unpaired) electrons. The third kappa shape index (κ3) is 4.97. The number of carbonyl (C=O) groups is 2. The van der Waals surface area contributed by atoms with E-state index in [1.807, 2.05) is 0 Å². The van der Waals surface area contributed by atoms with Gasteiger partial charge in [-0.1, -0.05) is 17.7 Å². The molecule has 0 atom stereocenters. The van der Waals surface area contributed by atoms with Crippen molar-refractivity contribution in [2.45, 2.75) is 6.92 Å². The largest absolute Gasteiger partial charge is 0.462 e. The van der Waals surface area contributed by atoms with E-state index in [-0.39, 0.29) is 11.8 Å². The fourth-order valence-electron chi connectivity index (χ4n) is 1.87. The molecule has 0 aliphatic rings. The first-order chi connectivity index (χ1) is 11.1. The van der Waals surface area contributed by atoms with Crippen molar-refractivity contribution in [3.8, 4) is 0 Å². The van der Waals surface area contributed by atoms with Crippen LogP contribution in [0.4, 0.5) is 5.69 Å². The van der Waals surface area contributed by atoms with Gasteiger partial charge in [-0.15, -0.1) is 0 Å². The molecule has 0 spiro atoms. The highest BCUT2D eigenvalue weighted by Crippen LogP contribution is 2.13. The summed E-state index contributed by atoms with van der Waals surface area (Å²) in [4.78, 5) is 23.6. The molecule has 0 amide bonds. The third-order valence-electron chi connectivity index (χ3n) is 2.99. The maximum atomic E-state index is 12.0. The number of halogens is 1. The summed E-state index contributed by atoms with van der Waals surface area (Å²) in [6.07, 6.45) is 2.95. The molecule has 0 heterocycles. The van der Waals surface area contributed by atoms with Gasteiger partial charge in [-0.25, -0.2) is 4.79 Å². The van der Waals surface area contributed by atoms with E-state index in [1.54, 1.807) is 55.5 Å². The van der Waals surface area contributed by atoms with Crippen LogP contribution < -0.4 is 5.32 Å². The SMILES string of the molecule is CCOC(=O)c1cccc(N/C=C/C(=O)c2ccc(Cl)cc2)c1. The number of carbonyl (C=O) groups excluding carboxylic acids is 2. The average molecular weight is 330 g/mol. The lowest BCUT2D eigenvalue weighted by atomic mass is 10.1. The van der Waals surface area contributed by atoms with Crippen molar-refractivity contribution < 1.29 is 14.3 Å². The van der Waals surface area contributed by atoms with Gasteiger partial charge in [-0.05, 0) is 49.4 Å². The quantitative estimate of drug-likeness (QED) is 0.487. The zero-order chi connectivity index (χ0) is 16.7. The van der Waals surface area contributed by atoms with E-state index >= 15 is 0 Å². The molecule has 0 aliphatic heterocycles. The Morgan fingerprint density at radius 3 is 2.57 bits per heavy atom. The van der Waals surface area contributed by atoms with Gasteiger partial charge in [0.05, 0.1) is 12.2 Å². The second-order valence-corrected chi connectivity index (χ2v) is 5.09. The van der Waals surface area contributed by atoms with Gasteiger partial charge in [-0.2, -0.15) is 0 Å². The molecule has 0 unspecified atom stereocenters. The van der Waals surface area contributed by atoms with E-state index in [1.165, 1.54) is 12.3 Å². The minimum absolute atomic E-state index is 0.143. The molecule has 4 nitrogen and oxygen atoms in total. The van der Waals surface area contributed by atoms with Gasteiger partial charge >= 0.3 is 5.97 Å². The van der Waals surface area contributed by atoms with Gasteiger partial charge in [-0.3, -0.25) is 4.79 Å². The van der Waals surface area contributed by atoms with Crippen molar-refractivity contribution in [1.29, 1.82) is 0 Å². The van der Waals surface area contributed by atoms with Gasteiger partial charge in [0.2, 0.25) is 0 Å². The molecule has 2 aromatic rings. The number of allylic oxidation sites excluding steroid dienone is 1. The summed E-state index contributed by atoms with van der Waals surface area (Å²) in [6.45, 7) is 2.08. The minimum Gasteiger partial charge on any atom is -0.462 e. The molecule has 0 aromatic heterocycles. The van der Waals surface area contributed by atoms with Gasteiger partial charge in [0, 0.05) is 28.5 Å². The van der Waals surface area contributed by atoms with Crippen molar-refractivity contribution in [1.82, 2.24) is 0 Å². The van der Waals surface area contributed by atoms with Crippen LogP contribution in [-0.4, -0.2) is 18.4 Å². The third-order valence-corrected chi connectivity index (χ3v) is 3.24. The fourth-order valence-corrected chi connectivity index (χ4v) is 2.00. The maximum Gasteiger partial charge on any atom is 0.338 e. The topological polar surface area (TPSA) is 55.4 Å². The minimum atomic E-state index is -0.377. The molecular formula is C18H16ClNO3. The molecule has 2 aromatic carbocycles. The number of rotatable bonds is 6. The van der Waals surface area contributed by atoms with Crippen LogP contribution in [0.2, 0.25) is 5.02 Å². The molecule has 0 fully saturated rings. The van der Waals surface area contributed by atoms with E-state index < -0.39 is 0 Å². The van der Waals surface area contributed by atoms with Crippen molar-refractivity contribution in [2.75, 3.05) is 11.9 Å². The summed E-state index contributed by atoms with van der Waals surface area (Å²) in [5.74, 6) is -0.520. The van der Waals surface area contributed by atoms with Crippen LogP contribution in [0.1, 0.15) is 27.6 Å². The summed E-state index contributed by atoms with van der Waals surface area (Å²) in [5.41, 5.74) is 1.69. The summed E-state index contributed by atoms with van der Waals surface area (Å²) in [7, 11) is 0. The summed E-state index contributed by atoms with van der Waals surface area (Å²) < 4.78 is 4.94. The Morgan fingerprint density at radius 1 is 1.13 bits per heavy atom. The van der Waals surface area contributed by atoms with Gasteiger partial charge < -0.3 is 10.1 Å². The van der Waals surface area contributed by atoms with Crippen molar-refractivity contribution >= 4 is 29.0 Å². The second-order valence-electron chi connectivity index (χ2n) is 4.65. The van der Waals surface area contributed by atoms with E-state index in [2.05, 4.69) is 5.32 Å². The van der Waals surface area contributed by atoms with Crippen LogP contribution in [0.25, 0.3) is 0 Å². The van der Waals surface area contributed by atoms with E-state index in [0.29, 0.717) is 28.4 Å². The Hall–Kier alpha value is -2.59. The molecule has 118 valence electrons. The lowest BCUT2D eigenvalue weighted by Crippen LogP contribution is -2.04. The number of hydrogen-bond acceptors (Lipinski definition) is 4. The highest BCUT2D eigenvalue weighted by atomic mass is 35.5. The number of esters is 1. The highest BCUT2D eigenvalue weighted by molar-refractivity contribution is 6.30. The second kappa shape index (κ2) is 8.15. The smallest absolute Gasteiger partial charge is 0.338 e. The van der Waals surface area contributed by atoms with Crippen LogP contribution in [0.5, 0.6) is 0 Å². The Bertz CT molecular complexity index is 723. The Morgan fingerprint density at radius 2 is 1.87 bits per heavy atom. The van der Waals surface area contributed by atoms with Crippen molar-refractivity contribution in [3.05, 3.63) is 77.0 Å². The summed E-state index contributed by atoms with van der Waals surface area (Å²) in [5, 5.41) is 3.54. The van der Waals surface area contributed by atoms with E-state index in [9.17, 15) is 9.59 Å². The van der Waals surface area contributed by atoms with Gasteiger partial charge in [0.15, 0.2) is 5.78 Å². The summed E-state index contributed by atoms with van der Waals surface area (Å²) in [6, 6.07) is 13.5. The van der Waals surface area contributed by atoms with Crippen molar-refractivity contribution in [3.63, 3.8) is 0 Å². The molecule has 0 saturated carbocycles. The Kier molecular flexibility index (Phi) is 5.94. The van der Waals surface area contributed by atoms with Crippen LogP contribution >= 0.6 is 11.6 Å². The Labute approximate surface area is 139 Å². The fraction of sp³-hybridized carbons (Fsp3) is 0.111.